The first kappa shape index (κ1) is 13.1. The first-order valence-corrected chi connectivity index (χ1v) is 7.33. The van der Waals surface area contributed by atoms with Gasteiger partial charge in [0.15, 0.2) is 6.29 Å². The maximum Gasteiger partial charge on any atom is 0.152 e. The van der Waals surface area contributed by atoms with Gasteiger partial charge in [0, 0.05) is 55.5 Å². The van der Waals surface area contributed by atoms with E-state index in [1.807, 2.05) is 34.8 Å². The fourth-order valence-corrected chi connectivity index (χ4v) is 3.38. The summed E-state index contributed by atoms with van der Waals surface area (Å²) in [6.07, 6.45) is 2.83. The molecule has 0 unspecified atom stereocenters. The molecule has 3 rings (SSSR count). The van der Waals surface area contributed by atoms with Gasteiger partial charge in [0.1, 0.15) is 0 Å². The van der Waals surface area contributed by atoms with E-state index in [0.717, 1.165) is 48.9 Å². The largest absolute Gasteiger partial charge is 0.298 e. The molecule has 0 radical (unpaired) electrons. The van der Waals surface area contributed by atoms with E-state index in [1.54, 1.807) is 12.1 Å². The molecule has 6 heteroatoms. The van der Waals surface area contributed by atoms with Gasteiger partial charge in [-0.25, -0.2) is 4.31 Å². The number of rotatable bonds is 3. The van der Waals surface area contributed by atoms with Crippen molar-refractivity contribution in [3.8, 4) is 0 Å². The molecule has 0 N–H and O–H groups in total. The quantitative estimate of drug-likeness (QED) is 0.534. The smallest absolute Gasteiger partial charge is 0.152 e. The number of carbonyl (C=O) groups is 1. The molecule has 100 valence electrons. The van der Waals surface area contributed by atoms with Crippen molar-refractivity contribution in [1.29, 1.82) is 0 Å². The molecular formula is C13H15N3OS2. The highest BCUT2D eigenvalue weighted by molar-refractivity contribution is 7.95. The maximum atomic E-state index is 11.1. The van der Waals surface area contributed by atoms with Gasteiger partial charge in [-0.2, -0.15) is 0 Å². The minimum Gasteiger partial charge on any atom is -0.298 e. The third-order valence-corrected chi connectivity index (χ3v) is 4.73. The minimum absolute atomic E-state index is 0.746. The van der Waals surface area contributed by atoms with Gasteiger partial charge in [-0.1, -0.05) is 31.0 Å². The molecule has 0 atom stereocenters. The Morgan fingerprint density at radius 3 is 2.63 bits per heavy atom. The summed E-state index contributed by atoms with van der Waals surface area (Å²) in [5.74, 6) is 0. The van der Waals surface area contributed by atoms with E-state index in [1.165, 1.54) is 0 Å². The van der Waals surface area contributed by atoms with Gasteiger partial charge in [-0.15, -0.1) is 0 Å². The highest BCUT2D eigenvalue weighted by Crippen LogP contribution is 2.26. The van der Waals surface area contributed by atoms with Crippen molar-refractivity contribution >= 4 is 42.1 Å². The van der Waals surface area contributed by atoms with E-state index >= 15 is 0 Å². The van der Waals surface area contributed by atoms with Crippen LogP contribution >= 0.6 is 24.9 Å². The van der Waals surface area contributed by atoms with E-state index < -0.39 is 0 Å². The predicted octanol–water partition coefficient (Wildman–Crippen LogP) is 2.33. The van der Waals surface area contributed by atoms with Gasteiger partial charge in [0.25, 0.3) is 0 Å². The molecule has 0 saturated carbocycles. The second-order valence-electron chi connectivity index (χ2n) is 4.51. The van der Waals surface area contributed by atoms with Crippen LogP contribution in [0.3, 0.4) is 0 Å². The third kappa shape index (κ3) is 2.67. The number of nitrogens with zero attached hydrogens (tertiary/aromatic N) is 3. The molecule has 0 spiro atoms. The zero-order valence-corrected chi connectivity index (χ0v) is 12.1. The Morgan fingerprint density at radius 2 is 1.89 bits per heavy atom. The first-order valence-electron chi connectivity index (χ1n) is 6.20. The van der Waals surface area contributed by atoms with Crippen LogP contribution in [-0.4, -0.2) is 45.0 Å². The summed E-state index contributed by atoms with van der Waals surface area (Å²) < 4.78 is 6.41. The molecule has 2 aromatic rings. The van der Waals surface area contributed by atoms with Crippen LogP contribution in [-0.2, 0) is 0 Å². The van der Waals surface area contributed by atoms with Crippen molar-refractivity contribution in [2.75, 3.05) is 26.2 Å². The Morgan fingerprint density at radius 1 is 1.16 bits per heavy atom. The fourth-order valence-electron chi connectivity index (χ4n) is 2.22. The van der Waals surface area contributed by atoms with Gasteiger partial charge in [0.05, 0.1) is 5.52 Å². The van der Waals surface area contributed by atoms with Crippen LogP contribution in [0.15, 0.2) is 30.5 Å². The Bertz CT molecular complexity index is 591. The summed E-state index contributed by atoms with van der Waals surface area (Å²) in [5.41, 5.74) is 1.83. The second-order valence-corrected chi connectivity index (χ2v) is 6.15. The number of carbonyl (C=O) groups excluding carboxylic acids is 1. The molecule has 2 heterocycles. The standard InChI is InChI=1S/C13H15N3OS2/c17-10-11-9-16(13-4-2-1-3-12(11)13)19-15-7-5-14(18)6-8-15/h1-4,9-10,18H,5-8H2. The average Bonchev–Trinajstić information content (AvgIpc) is 2.80. The monoisotopic (exact) mass is 293 g/mol. The van der Waals surface area contributed by atoms with Crippen LogP contribution in [0.25, 0.3) is 10.9 Å². The lowest BCUT2D eigenvalue weighted by Gasteiger charge is -2.30. The summed E-state index contributed by atoms with van der Waals surface area (Å²) in [7, 11) is 0. The summed E-state index contributed by atoms with van der Waals surface area (Å²) in [4.78, 5) is 11.1. The molecule has 1 aliphatic rings. The van der Waals surface area contributed by atoms with Crippen LogP contribution in [0.4, 0.5) is 0 Å². The number of hydrogen-bond acceptors (Lipinski definition) is 5. The first-order chi connectivity index (χ1) is 9.28. The minimum atomic E-state index is 0.746. The molecule has 1 aliphatic heterocycles. The van der Waals surface area contributed by atoms with Crippen molar-refractivity contribution < 1.29 is 4.79 Å². The maximum absolute atomic E-state index is 11.1. The topological polar surface area (TPSA) is 28.5 Å². The van der Waals surface area contributed by atoms with Gasteiger partial charge < -0.3 is 0 Å². The van der Waals surface area contributed by atoms with Crippen LogP contribution in [0.5, 0.6) is 0 Å². The zero-order valence-electron chi connectivity index (χ0n) is 10.4. The van der Waals surface area contributed by atoms with Crippen LogP contribution in [0.2, 0.25) is 0 Å². The van der Waals surface area contributed by atoms with E-state index in [-0.39, 0.29) is 0 Å². The lowest BCUT2D eigenvalue weighted by molar-refractivity contribution is 0.112. The van der Waals surface area contributed by atoms with Crippen molar-refractivity contribution in [2.45, 2.75) is 0 Å². The number of hydrogen-bond donors (Lipinski definition) is 1. The highest BCUT2D eigenvalue weighted by Gasteiger charge is 2.17. The fraction of sp³-hybridized carbons (Fsp3) is 0.308. The van der Waals surface area contributed by atoms with E-state index in [4.69, 9.17) is 0 Å². The number of benzene rings is 1. The number of piperazine rings is 1. The molecule has 0 amide bonds. The zero-order chi connectivity index (χ0) is 13.2. The Labute approximate surface area is 122 Å². The van der Waals surface area contributed by atoms with Gasteiger partial charge in [-0.3, -0.25) is 13.1 Å². The summed E-state index contributed by atoms with van der Waals surface area (Å²) in [6.45, 7) is 3.85. The van der Waals surface area contributed by atoms with E-state index in [2.05, 4.69) is 21.1 Å². The molecule has 4 nitrogen and oxygen atoms in total. The Kier molecular flexibility index (Phi) is 3.83. The number of thiol groups is 1. The summed E-state index contributed by atoms with van der Waals surface area (Å²) in [5, 5.41) is 1.01. The number of para-hydroxylation sites is 1. The normalized spacial score (nSPS) is 17.9. The van der Waals surface area contributed by atoms with E-state index in [9.17, 15) is 4.79 Å². The second kappa shape index (κ2) is 5.58. The molecule has 1 fully saturated rings. The van der Waals surface area contributed by atoms with Crippen molar-refractivity contribution in [1.82, 2.24) is 12.6 Å². The van der Waals surface area contributed by atoms with Gasteiger partial charge in [-0.05, 0) is 6.07 Å². The molecule has 1 aromatic carbocycles. The summed E-state index contributed by atoms with van der Waals surface area (Å²) >= 11 is 6.01. The molecule has 0 aliphatic carbocycles. The number of fused-ring (bicyclic) bond motifs is 1. The van der Waals surface area contributed by atoms with Crippen LogP contribution < -0.4 is 0 Å². The third-order valence-electron chi connectivity index (χ3n) is 3.25. The summed E-state index contributed by atoms with van der Waals surface area (Å²) in [6, 6.07) is 8.00. The Balaban J connectivity index is 1.86. The van der Waals surface area contributed by atoms with Gasteiger partial charge >= 0.3 is 0 Å². The lowest BCUT2D eigenvalue weighted by Crippen LogP contribution is -2.39. The molecule has 0 bridgehead atoms. The van der Waals surface area contributed by atoms with Crippen molar-refractivity contribution in [3.63, 3.8) is 0 Å². The number of aldehydes is 1. The van der Waals surface area contributed by atoms with Crippen molar-refractivity contribution in [3.05, 3.63) is 36.0 Å². The van der Waals surface area contributed by atoms with Gasteiger partial charge in [0.2, 0.25) is 0 Å². The van der Waals surface area contributed by atoms with E-state index in [0.29, 0.717) is 0 Å². The molecule has 19 heavy (non-hydrogen) atoms. The highest BCUT2D eigenvalue weighted by atomic mass is 32.2. The lowest BCUT2D eigenvalue weighted by atomic mass is 10.2. The van der Waals surface area contributed by atoms with Crippen LogP contribution in [0, 0.1) is 0 Å². The predicted molar refractivity (Wildman–Crippen MR) is 82.4 cm³/mol. The average molecular weight is 293 g/mol. The Hall–Kier alpha value is -0.950. The van der Waals surface area contributed by atoms with Crippen molar-refractivity contribution in [2.24, 2.45) is 0 Å². The van der Waals surface area contributed by atoms with Crippen LogP contribution in [0.1, 0.15) is 10.4 Å². The molecule has 1 saturated heterocycles. The molecule has 1 aromatic heterocycles. The SMILES string of the molecule is O=Cc1cn(SN2CCN(S)CC2)c2ccccc12. The molecular weight excluding hydrogens is 278 g/mol. The number of aromatic nitrogens is 1.